The van der Waals surface area contributed by atoms with Gasteiger partial charge in [0, 0.05) is 18.3 Å². The summed E-state index contributed by atoms with van der Waals surface area (Å²) in [6.07, 6.45) is 1.66. The van der Waals surface area contributed by atoms with Gasteiger partial charge in [0.15, 0.2) is 11.5 Å². The fourth-order valence-corrected chi connectivity index (χ4v) is 2.01. The third-order valence-electron chi connectivity index (χ3n) is 2.96. The lowest BCUT2D eigenvalue weighted by Crippen LogP contribution is -2.10. The lowest BCUT2D eigenvalue weighted by Gasteiger charge is -2.07. The van der Waals surface area contributed by atoms with Gasteiger partial charge in [-0.2, -0.15) is 0 Å². The van der Waals surface area contributed by atoms with E-state index in [2.05, 4.69) is 10.3 Å². The van der Waals surface area contributed by atoms with E-state index in [4.69, 9.17) is 27.4 Å². The summed E-state index contributed by atoms with van der Waals surface area (Å²) in [5, 5.41) is 3.23. The molecular weight excluding hydrogens is 274 g/mol. The molecule has 102 valence electrons. The molecule has 0 fully saturated rings. The number of nitrogens with two attached hydrogens (primary N) is 1. The van der Waals surface area contributed by atoms with Gasteiger partial charge in [-0.25, -0.2) is 4.98 Å². The van der Waals surface area contributed by atoms with E-state index in [-0.39, 0.29) is 6.79 Å². The molecule has 0 atom stereocenters. The molecule has 0 bridgehead atoms. The molecule has 6 heteroatoms. The van der Waals surface area contributed by atoms with E-state index in [1.54, 1.807) is 6.20 Å². The molecule has 1 aromatic heterocycles. The van der Waals surface area contributed by atoms with Crippen LogP contribution in [0.25, 0.3) is 0 Å². The van der Waals surface area contributed by atoms with Crippen LogP contribution in [0.5, 0.6) is 11.5 Å². The van der Waals surface area contributed by atoms with E-state index < -0.39 is 0 Å². The second-order valence-electron chi connectivity index (χ2n) is 4.34. The van der Waals surface area contributed by atoms with Gasteiger partial charge < -0.3 is 20.5 Å². The van der Waals surface area contributed by atoms with Crippen molar-refractivity contribution in [3.63, 3.8) is 0 Å². The number of benzene rings is 1. The number of rotatable bonds is 4. The lowest BCUT2D eigenvalue weighted by atomic mass is 10.2. The Bertz CT molecular complexity index is 643. The zero-order chi connectivity index (χ0) is 13.9. The molecule has 0 saturated heterocycles. The number of nitrogens with one attached hydrogen (secondary N) is 1. The molecule has 2 aromatic rings. The van der Waals surface area contributed by atoms with Crippen molar-refractivity contribution in [2.45, 2.75) is 6.54 Å². The molecule has 2 heterocycles. The molecule has 0 amide bonds. The van der Waals surface area contributed by atoms with E-state index in [0.717, 1.165) is 28.4 Å². The molecule has 1 aromatic carbocycles. The normalized spacial score (nSPS) is 12.2. The van der Waals surface area contributed by atoms with Crippen LogP contribution in [0.15, 0.2) is 36.5 Å². The molecule has 1 aliphatic rings. The van der Waals surface area contributed by atoms with E-state index in [1.807, 2.05) is 30.3 Å². The van der Waals surface area contributed by atoms with Gasteiger partial charge in [0.25, 0.3) is 0 Å². The van der Waals surface area contributed by atoms with Crippen molar-refractivity contribution >= 4 is 23.0 Å². The molecule has 0 saturated carbocycles. The van der Waals surface area contributed by atoms with Gasteiger partial charge in [-0.3, -0.25) is 0 Å². The molecule has 0 unspecified atom stereocenters. The van der Waals surface area contributed by atoms with Gasteiger partial charge in [-0.1, -0.05) is 18.3 Å². The van der Waals surface area contributed by atoms with Gasteiger partial charge in [0.2, 0.25) is 6.79 Å². The van der Waals surface area contributed by atoms with Gasteiger partial charge in [0.05, 0.1) is 0 Å². The Morgan fingerprint density at radius 2 is 2.10 bits per heavy atom. The van der Waals surface area contributed by atoms with Crippen LogP contribution in [-0.2, 0) is 6.54 Å². The SMILES string of the molecule is NC(=S)c1ccc(NCc2ccc3c(c2)OCO3)nc1. The maximum atomic E-state index is 5.53. The third kappa shape index (κ3) is 2.65. The number of thiocarbonyl (C=S) groups is 1. The maximum Gasteiger partial charge on any atom is 0.231 e. The second kappa shape index (κ2) is 5.34. The van der Waals surface area contributed by atoms with Crippen LogP contribution >= 0.6 is 12.2 Å². The number of nitrogens with zero attached hydrogens (tertiary/aromatic N) is 1. The van der Waals surface area contributed by atoms with Gasteiger partial charge in [0.1, 0.15) is 10.8 Å². The summed E-state index contributed by atoms with van der Waals surface area (Å²) in [4.78, 5) is 4.60. The van der Waals surface area contributed by atoms with Crippen LogP contribution < -0.4 is 20.5 Å². The summed E-state index contributed by atoms with van der Waals surface area (Å²) < 4.78 is 10.6. The van der Waals surface area contributed by atoms with E-state index >= 15 is 0 Å². The van der Waals surface area contributed by atoms with Crippen molar-refractivity contribution in [1.29, 1.82) is 0 Å². The second-order valence-corrected chi connectivity index (χ2v) is 4.78. The molecule has 0 radical (unpaired) electrons. The van der Waals surface area contributed by atoms with Gasteiger partial charge in [-0.05, 0) is 29.8 Å². The number of aromatic nitrogens is 1. The summed E-state index contributed by atoms with van der Waals surface area (Å²) in [6, 6.07) is 9.55. The maximum absolute atomic E-state index is 5.53. The average Bonchev–Trinajstić information content (AvgIpc) is 2.93. The Hall–Kier alpha value is -2.34. The van der Waals surface area contributed by atoms with Crippen LogP contribution in [0.4, 0.5) is 5.82 Å². The fourth-order valence-electron chi connectivity index (χ4n) is 1.89. The first-order valence-corrected chi connectivity index (χ1v) is 6.51. The Kier molecular flexibility index (Phi) is 3.39. The Balaban J connectivity index is 1.65. The first-order chi connectivity index (χ1) is 9.72. The zero-order valence-corrected chi connectivity index (χ0v) is 11.4. The standard InChI is InChI=1S/C14H13N3O2S/c15-14(20)10-2-4-13(17-7-10)16-6-9-1-3-11-12(5-9)19-8-18-11/h1-5,7H,6,8H2,(H2,15,20)(H,16,17). The number of pyridine rings is 1. The largest absolute Gasteiger partial charge is 0.454 e. The smallest absolute Gasteiger partial charge is 0.231 e. The fraction of sp³-hybridized carbons (Fsp3) is 0.143. The van der Waals surface area contributed by atoms with Gasteiger partial charge in [-0.15, -0.1) is 0 Å². The van der Waals surface area contributed by atoms with Crippen molar-refractivity contribution in [1.82, 2.24) is 4.98 Å². The summed E-state index contributed by atoms with van der Waals surface area (Å²) in [5.41, 5.74) is 7.38. The first-order valence-electron chi connectivity index (χ1n) is 6.10. The number of hydrogen-bond acceptors (Lipinski definition) is 5. The molecule has 0 aliphatic carbocycles. The molecule has 5 nitrogen and oxygen atoms in total. The molecule has 1 aliphatic heterocycles. The highest BCUT2D eigenvalue weighted by molar-refractivity contribution is 7.80. The van der Waals surface area contributed by atoms with Crippen molar-refractivity contribution < 1.29 is 9.47 Å². The number of fused-ring (bicyclic) bond motifs is 1. The summed E-state index contributed by atoms with van der Waals surface area (Å²) >= 11 is 4.88. The van der Waals surface area contributed by atoms with Crippen LogP contribution in [0.2, 0.25) is 0 Å². The highest BCUT2D eigenvalue weighted by Crippen LogP contribution is 2.32. The van der Waals surface area contributed by atoms with E-state index in [1.165, 1.54) is 0 Å². The minimum Gasteiger partial charge on any atom is -0.454 e. The number of hydrogen-bond donors (Lipinski definition) is 2. The molecule has 3 rings (SSSR count). The minimum absolute atomic E-state index is 0.286. The molecular formula is C14H13N3O2S. The van der Waals surface area contributed by atoms with Crippen LogP contribution in [0, 0.1) is 0 Å². The monoisotopic (exact) mass is 287 g/mol. The third-order valence-corrected chi connectivity index (χ3v) is 3.19. The highest BCUT2D eigenvalue weighted by Gasteiger charge is 2.12. The van der Waals surface area contributed by atoms with Crippen LogP contribution in [-0.4, -0.2) is 16.8 Å². The van der Waals surface area contributed by atoms with Crippen molar-refractivity contribution in [2.24, 2.45) is 5.73 Å². The summed E-state index contributed by atoms with van der Waals surface area (Å²) in [7, 11) is 0. The van der Waals surface area contributed by atoms with Crippen molar-refractivity contribution in [3.05, 3.63) is 47.7 Å². The Morgan fingerprint density at radius 3 is 2.85 bits per heavy atom. The van der Waals surface area contributed by atoms with Gasteiger partial charge >= 0.3 is 0 Å². The number of ether oxygens (including phenoxy) is 2. The zero-order valence-electron chi connectivity index (χ0n) is 10.6. The molecule has 20 heavy (non-hydrogen) atoms. The van der Waals surface area contributed by atoms with E-state index in [9.17, 15) is 0 Å². The van der Waals surface area contributed by atoms with Crippen molar-refractivity contribution in [2.75, 3.05) is 12.1 Å². The summed E-state index contributed by atoms with van der Waals surface area (Å²) in [6.45, 7) is 0.935. The Labute approximate surface area is 121 Å². The predicted molar refractivity (Wildman–Crippen MR) is 80.0 cm³/mol. The topological polar surface area (TPSA) is 69.4 Å². The predicted octanol–water partition coefficient (Wildman–Crippen LogP) is 2.06. The van der Waals surface area contributed by atoms with Crippen LogP contribution in [0.1, 0.15) is 11.1 Å². The van der Waals surface area contributed by atoms with E-state index in [0.29, 0.717) is 11.5 Å². The highest BCUT2D eigenvalue weighted by atomic mass is 32.1. The van der Waals surface area contributed by atoms with Crippen molar-refractivity contribution in [3.8, 4) is 11.5 Å². The quantitative estimate of drug-likeness (QED) is 0.839. The summed E-state index contributed by atoms with van der Waals surface area (Å²) in [5.74, 6) is 2.33. The average molecular weight is 287 g/mol. The van der Waals surface area contributed by atoms with Crippen LogP contribution in [0.3, 0.4) is 0 Å². The first kappa shape index (κ1) is 12.7. The molecule has 3 N–H and O–H groups in total. The number of anilines is 1. The lowest BCUT2D eigenvalue weighted by molar-refractivity contribution is 0.174. The molecule has 0 spiro atoms. The minimum atomic E-state index is 0.286. The Morgan fingerprint density at radius 1 is 1.25 bits per heavy atom.